The molecule has 0 bridgehead atoms. The second kappa shape index (κ2) is 5.20. The van der Waals surface area contributed by atoms with Crippen molar-refractivity contribution >= 4 is 5.97 Å². The Morgan fingerprint density at radius 1 is 1.39 bits per heavy atom. The Morgan fingerprint density at radius 2 is 2.09 bits per heavy atom. The lowest BCUT2D eigenvalue weighted by atomic mass is 9.47. The predicted octanol–water partition coefficient (Wildman–Crippen LogP) is 4.02. The summed E-state index contributed by atoms with van der Waals surface area (Å²) in [6.07, 6.45) is 8.38. The molecule has 1 heterocycles. The second-order valence-electron chi connectivity index (χ2n) is 8.91. The topological polar surface area (TPSA) is 46.5 Å². The number of cyclic esters (lactones) is 1. The number of carbonyl (C=O) groups excluding carboxylic acids is 1. The van der Waals surface area contributed by atoms with E-state index in [0.717, 1.165) is 18.4 Å². The van der Waals surface area contributed by atoms with Crippen molar-refractivity contribution in [2.45, 2.75) is 71.5 Å². The van der Waals surface area contributed by atoms with Gasteiger partial charge in [0.15, 0.2) is 0 Å². The molecule has 3 aliphatic rings. The van der Waals surface area contributed by atoms with E-state index in [1.165, 1.54) is 18.9 Å². The Morgan fingerprint density at radius 3 is 2.74 bits per heavy atom. The van der Waals surface area contributed by atoms with Gasteiger partial charge in [-0.2, -0.15) is 0 Å². The van der Waals surface area contributed by atoms with Gasteiger partial charge in [-0.3, -0.25) is 0 Å². The number of fused-ring (bicyclic) bond motifs is 3. The van der Waals surface area contributed by atoms with Crippen LogP contribution in [0.4, 0.5) is 0 Å². The molecule has 0 unspecified atom stereocenters. The van der Waals surface area contributed by atoms with Crippen LogP contribution in [-0.4, -0.2) is 22.8 Å². The van der Waals surface area contributed by atoms with Gasteiger partial charge < -0.3 is 9.84 Å². The first-order valence-electron chi connectivity index (χ1n) is 8.89. The summed E-state index contributed by atoms with van der Waals surface area (Å²) in [5, 5.41) is 10.5. The molecule has 1 aliphatic heterocycles. The SMILES string of the molecule is C=C[C@@](C)(O)[C@@H]1C[C@H]2C(=CC[C@@H]3C(C)(C)CCC[C@@]32C)C(=O)O1. The van der Waals surface area contributed by atoms with Crippen molar-refractivity contribution in [3.05, 3.63) is 24.3 Å². The zero-order valence-corrected chi connectivity index (χ0v) is 14.9. The lowest BCUT2D eigenvalue weighted by molar-refractivity contribution is -0.170. The first-order valence-corrected chi connectivity index (χ1v) is 8.89. The van der Waals surface area contributed by atoms with Crippen LogP contribution in [-0.2, 0) is 9.53 Å². The zero-order valence-electron chi connectivity index (χ0n) is 14.9. The summed E-state index contributed by atoms with van der Waals surface area (Å²) in [6, 6.07) is 0. The van der Waals surface area contributed by atoms with E-state index in [0.29, 0.717) is 17.8 Å². The van der Waals surface area contributed by atoms with Gasteiger partial charge in [-0.15, -0.1) is 6.58 Å². The molecule has 0 aromatic rings. The zero-order chi connectivity index (χ0) is 17.0. The van der Waals surface area contributed by atoms with Gasteiger partial charge in [0.2, 0.25) is 0 Å². The van der Waals surface area contributed by atoms with E-state index in [1.807, 2.05) is 0 Å². The molecule has 0 spiro atoms. The van der Waals surface area contributed by atoms with Crippen LogP contribution in [0.3, 0.4) is 0 Å². The van der Waals surface area contributed by atoms with Crippen molar-refractivity contribution in [3.8, 4) is 0 Å². The van der Waals surface area contributed by atoms with Crippen LogP contribution in [0.25, 0.3) is 0 Å². The highest BCUT2D eigenvalue weighted by molar-refractivity contribution is 5.90. The first kappa shape index (κ1) is 16.8. The largest absolute Gasteiger partial charge is 0.456 e. The number of allylic oxidation sites excluding steroid dienone is 1. The van der Waals surface area contributed by atoms with Gasteiger partial charge in [-0.25, -0.2) is 4.79 Å². The number of hydrogen-bond donors (Lipinski definition) is 1. The summed E-state index contributed by atoms with van der Waals surface area (Å²) >= 11 is 0. The Balaban J connectivity index is 1.99. The molecular weight excluding hydrogens is 288 g/mol. The minimum absolute atomic E-state index is 0.112. The fourth-order valence-electron chi connectivity index (χ4n) is 5.48. The fraction of sp³-hybridized carbons (Fsp3) is 0.750. The molecule has 1 N–H and O–H groups in total. The van der Waals surface area contributed by atoms with E-state index in [1.54, 1.807) is 6.92 Å². The van der Waals surface area contributed by atoms with Gasteiger partial charge in [-0.1, -0.05) is 39.3 Å². The van der Waals surface area contributed by atoms with Gasteiger partial charge in [0.1, 0.15) is 11.7 Å². The lowest BCUT2D eigenvalue weighted by Crippen LogP contribution is -2.55. The average molecular weight is 318 g/mol. The van der Waals surface area contributed by atoms with Gasteiger partial charge >= 0.3 is 5.97 Å². The molecule has 0 radical (unpaired) electrons. The monoisotopic (exact) mass is 318 g/mol. The van der Waals surface area contributed by atoms with Crippen molar-refractivity contribution < 1.29 is 14.6 Å². The van der Waals surface area contributed by atoms with E-state index in [2.05, 4.69) is 33.4 Å². The Labute approximate surface area is 139 Å². The van der Waals surface area contributed by atoms with E-state index in [9.17, 15) is 9.90 Å². The van der Waals surface area contributed by atoms with Crippen LogP contribution >= 0.6 is 0 Å². The smallest absolute Gasteiger partial charge is 0.334 e. The van der Waals surface area contributed by atoms with Crippen LogP contribution in [0.15, 0.2) is 24.3 Å². The van der Waals surface area contributed by atoms with E-state index in [-0.39, 0.29) is 17.3 Å². The minimum atomic E-state index is -1.17. The highest BCUT2D eigenvalue weighted by Crippen LogP contribution is 2.61. The van der Waals surface area contributed by atoms with Crippen molar-refractivity contribution in [2.24, 2.45) is 22.7 Å². The summed E-state index contributed by atoms with van der Waals surface area (Å²) in [6.45, 7) is 12.5. The molecule has 1 saturated heterocycles. The van der Waals surface area contributed by atoms with Crippen molar-refractivity contribution in [1.29, 1.82) is 0 Å². The molecule has 2 fully saturated rings. The molecule has 1 saturated carbocycles. The number of rotatable bonds is 2. The molecular formula is C20H30O3. The molecule has 5 atom stereocenters. The molecule has 3 heteroatoms. The first-order chi connectivity index (χ1) is 10.6. The van der Waals surface area contributed by atoms with Gasteiger partial charge in [0.05, 0.1) is 0 Å². The van der Waals surface area contributed by atoms with Gasteiger partial charge in [0, 0.05) is 11.5 Å². The normalized spacial score (nSPS) is 41.7. The number of esters is 1. The highest BCUT2D eigenvalue weighted by Gasteiger charge is 2.56. The minimum Gasteiger partial charge on any atom is -0.456 e. The second-order valence-corrected chi connectivity index (χ2v) is 8.91. The summed E-state index contributed by atoms with van der Waals surface area (Å²) in [7, 11) is 0. The Hall–Kier alpha value is -1.09. The van der Waals surface area contributed by atoms with Crippen LogP contribution in [0, 0.1) is 22.7 Å². The Bertz CT molecular complexity index is 557. The van der Waals surface area contributed by atoms with Crippen LogP contribution in [0.2, 0.25) is 0 Å². The van der Waals surface area contributed by atoms with E-state index >= 15 is 0 Å². The van der Waals surface area contributed by atoms with Crippen LogP contribution < -0.4 is 0 Å². The third kappa shape index (κ3) is 2.48. The van der Waals surface area contributed by atoms with Crippen molar-refractivity contribution in [1.82, 2.24) is 0 Å². The number of aliphatic hydroxyl groups is 1. The summed E-state index contributed by atoms with van der Waals surface area (Å²) in [5.41, 5.74) is 0.0833. The van der Waals surface area contributed by atoms with Crippen LogP contribution in [0.5, 0.6) is 0 Å². The molecule has 3 nitrogen and oxygen atoms in total. The van der Waals surface area contributed by atoms with Crippen LogP contribution in [0.1, 0.15) is 59.8 Å². The molecule has 0 aromatic heterocycles. The third-order valence-electron chi connectivity index (χ3n) is 7.02. The summed E-state index contributed by atoms with van der Waals surface area (Å²) in [5.74, 6) is 0.521. The van der Waals surface area contributed by atoms with Gasteiger partial charge in [-0.05, 0) is 49.4 Å². The molecule has 23 heavy (non-hydrogen) atoms. The van der Waals surface area contributed by atoms with Crippen molar-refractivity contribution in [3.63, 3.8) is 0 Å². The Kier molecular flexibility index (Phi) is 3.79. The average Bonchev–Trinajstić information content (AvgIpc) is 2.46. The lowest BCUT2D eigenvalue weighted by Gasteiger charge is -2.58. The summed E-state index contributed by atoms with van der Waals surface area (Å²) in [4.78, 5) is 12.5. The number of ether oxygens (including phenoxy) is 1. The van der Waals surface area contributed by atoms with E-state index < -0.39 is 11.7 Å². The van der Waals surface area contributed by atoms with Gasteiger partial charge in [0.25, 0.3) is 0 Å². The molecule has 0 amide bonds. The maximum Gasteiger partial charge on any atom is 0.334 e. The van der Waals surface area contributed by atoms with E-state index in [4.69, 9.17) is 4.74 Å². The standard InChI is InChI=1S/C20H30O3/c1-6-20(5,22)16-12-14-13(17(21)23-16)8-9-15-18(2,3)10-7-11-19(14,15)4/h6,8,14-16,22H,1,7,9-12H2,2-5H3/t14-,15+,16-,19+,20+/m0/s1. The predicted molar refractivity (Wildman–Crippen MR) is 90.7 cm³/mol. The quantitative estimate of drug-likeness (QED) is 0.618. The maximum atomic E-state index is 12.5. The molecule has 128 valence electrons. The number of hydrogen-bond acceptors (Lipinski definition) is 3. The third-order valence-corrected chi connectivity index (χ3v) is 7.02. The maximum absolute atomic E-state index is 12.5. The summed E-state index contributed by atoms with van der Waals surface area (Å²) < 4.78 is 5.56. The molecule has 3 rings (SSSR count). The van der Waals surface area contributed by atoms with Crippen molar-refractivity contribution in [2.75, 3.05) is 0 Å². The highest BCUT2D eigenvalue weighted by atomic mass is 16.6. The number of carbonyl (C=O) groups is 1. The fourth-order valence-corrected chi connectivity index (χ4v) is 5.48. The molecule has 2 aliphatic carbocycles. The molecule has 0 aromatic carbocycles.